The molecule has 0 radical (unpaired) electrons. The van der Waals surface area contributed by atoms with Gasteiger partial charge in [-0.1, -0.05) is 122 Å². The topological polar surface area (TPSA) is 94.1 Å². The second-order valence-corrected chi connectivity index (χ2v) is 15.0. The molecule has 0 aliphatic rings. The highest BCUT2D eigenvalue weighted by Crippen LogP contribution is 2.38. The van der Waals surface area contributed by atoms with E-state index >= 15 is 0 Å². The molecule has 9 heteroatoms. The normalized spacial score (nSPS) is 14.2. The van der Waals surface area contributed by atoms with Crippen LogP contribution in [0.1, 0.15) is 155 Å². The molecule has 45 heavy (non-hydrogen) atoms. The van der Waals surface area contributed by atoms with Crippen molar-refractivity contribution in [2.24, 2.45) is 0 Å². The summed E-state index contributed by atoms with van der Waals surface area (Å²) in [6.07, 6.45) is 29.3. The molecule has 0 fully saturated rings. The third kappa shape index (κ3) is 34.4. The Morgan fingerprint density at radius 2 is 1.16 bits per heavy atom. The molecular weight excluding hydrogens is 589 g/mol. The van der Waals surface area contributed by atoms with Crippen molar-refractivity contribution in [3.05, 3.63) is 12.2 Å². The smallest absolute Gasteiger partial charge is 0.306 e. The van der Waals surface area contributed by atoms with Crippen LogP contribution in [-0.2, 0) is 27.9 Å². The average molecular weight is 662 g/mol. The maximum absolute atomic E-state index is 12.5. The third-order valence-corrected chi connectivity index (χ3v) is 8.78. The summed E-state index contributed by atoms with van der Waals surface area (Å²) >= 11 is 0. The molecule has 0 spiro atoms. The number of unbranched alkanes of at least 4 members (excludes halogenated alkanes) is 18. The van der Waals surface area contributed by atoms with Crippen LogP contribution in [0.2, 0.25) is 0 Å². The highest BCUT2D eigenvalue weighted by Gasteiger charge is 2.20. The van der Waals surface area contributed by atoms with E-state index in [1.165, 1.54) is 103 Å². The van der Waals surface area contributed by atoms with E-state index in [4.69, 9.17) is 18.5 Å². The number of esters is 1. The van der Waals surface area contributed by atoms with Crippen molar-refractivity contribution in [1.82, 2.24) is 0 Å². The molecule has 268 valence electrons. The van der Waals surface area contributed by atoms with Crippen LogP contribution in [0.5, 0.6) is 0 Å². The second kappa shape index (κ2) is 30.6. The van der Waals surface area contributed by atoms with Gasteiger partial charge in [0.1, 0.15) is 19.3 Å². The summed E-state index contributed by atoms with van der Waals surface area (Å²) in [6.45, 7) is 5.36. The Kier molecular flexibility index (Phi) is 30.0. The predicted molar refractivity (Wildman–Crippen MR) is 185 cm³/mol. The van der Waals surface area contributed by atoms with Crippen molar-refractivity contribution in [1.29, 1.82) is 0 Å². The fraction of sp³-hybridized carbons (Fsp3) is 0.917. The van der Waals surface area contributed by atoms with E-state index in [1.807, 2.05) is 21.1 Å². The zero-order valence-electron chi connectivity index (χ0n) is 30.1. The van der Waals surface area contributed by atoms with E-state index in [1.54, 1.807) is 0 Å². The number of phosphoric ester groups is 1. The summed E-state index contributed by atoms with van der Waals surface area (Å²) in [4.78, 5) is 24.8. The maximum Gasteiger partial charge on any atom is 0.306 e. The summed E-state index contributed by atoms with van der Waals surface area (Å²) < 4.78 is 34.3. The van der Waals surface area contributed by atoms with E-state index in [2.05, 4.69) is 26.0 Å². The zero-order chi connectivity index (χ0) is 33.5. The number of hydrogen-bond acceptors (Lipinski definition) is 7. The van der Waals surface area contributed by atoms with Gasteiger partial charge in [0.15, 0.2) is 0 Å². The van der Waals surface area contributed by atoms with Crippen LogP contribution in [0.15, 0.2) is 12.2 Å². The lowest BCUT2D eigenvalue weighted by atomic mass is 10.1. The monoisotopic (exact) mass is 662 g/mol. The van der Waals surface area contributed by atoms with Crippen molar-refractivity contribution in [3.63, 3.8) is 0 Å². The fourth-order valence-corrected chi connectivity index (χ4v) is 5.62. The first-order chi connectivity index (χ1) is 21.6. The summed E-state index contributed by atoms with van der Waals surface area (Å²) in [5.74, 6) is -0.340. The molecule has 0 aliphatic carbocycles. The Labute approximate surface area is 278 Å². The molecule has 8 nitrogen and oxygen atoms in total. The van der Waals surface area contributed by atoms with Crippen LogP contribution < -0.4 is 4.89 Å². The van der Waals surface area contributed by atoms with Crippen LogP contribution in [0, 0.1) is 0 Å². The number of carbonyl (C=O) groups excluding carboxylic acids is 1. The molecule has 0 saturated carbocycles. The van der Waals surface area contributed by atoms with E-state index in [0.29, 0.717) is 24.1 Å². The Bertz CT molecular complexity index is 741. The summed E-state index contributed by atoms with van der Waals surface area (Å²) in [5.41, 5.74) is 0. The Morgan fingerprint density at radius 1 is 0.667 bits per heavy atom. The highest BCUT2D eigenvalue weighted by molar-refractivity contribution is 7.45. The summed E-state index contributed by atoms with van der Waals surface area (Å²) in [7, 11) is 1.36. The first-order valence-corrected chi connectivity index (χ1v) is 19.9. The lowest BCUT2D eigenvalue weighted by Gasteiger charge is -2.28. The van der Waals surface area contributed by atoms with Gasteiger partial charge >= 0.3 is 5.97 Å². The Balaban J connectivity index is 4.29. The first kappa shape index (κ1) is 44.2. The average Bonchev–Trinajstić information content (AvgIpc) is 2.98. The Hall–Kier alpha value is -0.760. The minimum Gasteiger partial charge on any atom is -0.756 e. The van der Waals surface area contributed by atoms with Gasteiger partial charge in [-0.25, -0.2) is 0 Å². The number of carbonyl (C=O) groups is 1. The molecular formula is C36H72NO7P. The second-order valence-electron chi connectivity index (χ2n) is 13.6. The fourth-order valence-electron chi connectivity index (χ4n) is 4.89. The highest BCUT2D eigenvalue weighted by atomic mass is 31.2. The van der Waals surface area contributed by atoms with Gasteiger partial charge in [0, 0.05) is 13.0 Å². The molecule has 0 rings (SSSR count). The predicted octanol–water partition coefficient (Wildman–Crippen LogP) is 9.30. The number of allylic oxidation sites excluding steroid dienone is 2. The maximum atomic E-state index is 12.5. The molecule has 0 saturated heterocycles. The number of ether oxygens (including phenoxy) is 2. The van der Waals surface area contributed by atoms with Gasteiger partial charge < -0.3 is 27.9 Å². The van der Waals surface area contributed by atoms with Crippen LogP contribution >= 0.6 is 7.82 Å². The number of rotatable bonds is 34. The van der Waals surface area contributed by atoms with Gasteiger partial charge in [0.2, 0.25) is 0 Å². The van der Waals surface area contributed by atoms with Gasteiger partial charge in [-0.3, -0.25) is 9.36 Å². The minimum absolute atomic E-state index is 0.0274. The Morgan fingerprint density at radius 3 is 1.71 bits per heavy atom. The number of likely N-dealkylation sites (N-methyl/N-ethyl adjacent to an activating group) is 1. The number of phosphoric acid groups is 1. The number of hydrogen-bond donors (Lipinski definition) is 0. The van der Waals surface area contributed by atoms with Crippen molar-refractivity contribution >= 4 is 13.8 Å². The summed E-state index contributed by atoms with van der Waals surface area (Å²) in [6, 6.07) is 0. The zero-order valence-corrected chi connectivity index (χ0v) is 31.0. The lowest BCUT2D eigenvalue weighted by molar-refractivity contribution is -0.870. The lowest BCUT2D eigenvalue weighted by Crippen LogP contribution is -2.37. The molecule has 0 aromatic rings. The molecule has 0 aliphatic heterocycles. The van der Waals surface area contributed by atoms with E-state index in [-0.39, 0.29) is 25.8 Å². The van der Waals surface area contributed by atoms with Crippen LogP contribution in [0.25, 0.3) is 0 Å². The molecule has 2 atom stereocenters. The van der Waals surface area contributed by atoms with Gasteiger partial charge in [-0.05, 0) is 38.5 Å². The largest absolute Gasteiger partial charge is 0.756 e. The van der Waals surface area contributed by atoms with Crippen LogP contribution in [-0.4, -0.2) is 70.7 Å². The molecule has 0 heterocycles. The third-order valence-electron chi connectivity index (χ3n) is 7.82. The van der Waals surface area contributed by atoms with Crippen LogP contribution in [0.3, 0.4) is 0 Å². The first-order valence-electron chi connectivity index (χ1n) is 18.4. The number of quaternary nitrogens is 1. The SMILES string of the molecule is CCCCCC/C=C\CCCCCCCCOCC(COP(=O)([O-])OCC[N+](C)(C)C)OC(=O)CCCCCCCCCCC. The quantitative estimate of drug-likeness (QED) is 0.0223. The molecule has 0 N–H and O–H groups in total. The molecule has 0 amide bonds. The summed E-state index contributed by atoms with van der Waals surface area (Å²) in [5, 5.41) is 0. The molecule has 0 aromatic carbocycles. The van der Waals surface area contributed by atoms with Gasteiger partial charge in [-0.2, -0.15) is 0 Å². The van der Waals surface area contributed by atoms with Crippen molar-refractivity contribution in [2.45, 2.75) is 161 Å². The molecule has 0 aromatic heterocycles. The molecule has 2 unspecified atom stereocenters. The van der Waals surface area contributed by atoms with Crippen LogP contribution in [0.4, 0.5) is 0 Å². The van der Waals surface area contributed by atoms with Crippen molar-refractivity contribution in [2.75, 3.05) is 54.1 Å². The van der Waals surface area contributed by atoms with E-state index in [9.17, 15) is 14.3 Å². The van der Waals surface area contributed by atoms with Gasteiger partial charge in [-0.15, -0.1) is 0 Å². The standard InChI is InChI=1S/C36H72NO7P/c1-6-8-10-12-14-16-17-18-19-20-22-24-26-28-31-41-33-35(34-43-45(39,40)42-32-30-37(3,4)5)44-36(38)29-27-25-23-21-15-13-11-9-7-2/h16-17,35H,6-15,18-34H2,1-5H3/b17-16-. The van der Waals surface area contributed by atoms with Gasteiger partial charge in [0.05, 0.1) is 34.4 Å². The van der Waals surface area contributed by atoms with E-state index in [0.717, 1.165) is 32.1 Å². The van der Waals surface area contributed by atoms with Gasteiger partial charge in [0.25, 0.3) is 7.82 Å². The van der Waals surface area contributed by atoms with Crippen molar-refractivity contribution in [3.8, 4) is 0 Å². The molecule has 0 bridgehead atoms. The number of nitrogens with zero attached hydrogens (tertiary/aromatic N) is 1. The van der Waals surface area contributed by atoms with Crippen molar-refractivity contribution < 1.29 is 37.3 Å². The minimum atomic E-state index is -4.51. The van der Waals surface area contributed by atoms with E-state index < -0.39 is 13.9 Å².